The first-order chi connectivity index (χ1) is 13.7. The Morgan fingerprint density at radius 3 is 2.38 bits per heavy atom. The molecule has 9 heteroatoms. The van der Waals surface area contributed by atoms with Crippen LogP contribution in [-0.4, -0.2) is 51.1 Å². The lowest BCUT2D eigenvalue weighted by Gasteiger charge is -2.29. The summed E-state index contributed by atoms with van der Waals surface area (Å²) in [4.78, 5) is 33.5. The minimum atomic E-state index is -1.26. The number of nitrogens with zero attached hydrogens (tertiary/aromatic N) is 2. The van der Waals surface area contributed by atoms with Crippen LogP contribution in [0.25, 0.3) is 15.7 Å². The lowest BCUT2D eigenvalue weighted by molar-refractivity contribution is -0.383. The van der Waals surface area contributed by atoms with Gasteiger partial charge < -0.3 is 10.2 Å². The Morgan fingerprint density at radius 1 is 1.24 bits per heavy atom. The van der Waals surface area contributed by atoms with Crippen molar-refractivity contribution in [3.63, 3.8) is 0 Å². The fourth-order valence-electron chi connectivity index (χ4n) is 2.88. The molecule has 0 radical (unpaired) electrons. The molecular formula is C20H22N2O6S. The minimum absolute atomic E-state index is 0.204. The highest BCUT2D eigenvalue weighted by molar-refractivity contribution is 7.20. The Labute approximate surface area is 171 Å². The first-order valence-corrected chi connectivity index (χ1v) is 9.75. The zero-order valence-electron chi connectivity index (χ0n) is 16.1. The van der Waals surface area contributed by atoms with Crippen molar-refractivity contribution in [1.82, 2.24) is 4.90 Å². The Kier molecular flexibility index (Phi) is 7.63. The second kappa shape index (κ2) is 9.94. The minimum Gasteiger partial charge on any atom is -0.478 e. The van der Waals surface area contributed by atoms with Gasteiger partial charge in [-0.3, -0.25) is 15.0 Å². The number of benzene rings is 1. The van der Waals surface area contributed by atoms with Crippen molar-refractivity contribution < 1.29 is 24.7 Å². The van der Waals surface area contributed by atoms with E-state index in [2.05, 4.69) is 24.8 Å². The average molecular weight is 418 g/mol. The first-order valence-electron chi connectivity index (χ1n) is 8.93. The van der Waals surface area contributed by atoms with Crippen LogP contribution in [0.2, 0.25) is 0 Å². The number of hydrogen-bond acceptors (Lipinski definition) is 6. The summed E-state index contributed by atoms with van der Waals surface area (Å²) in [5.41, 5.74) is 1.53. The van der Waals surface area contributed by atoms with Crippen LogP contribution in [0.4, 0.5) is 5.69 Å². The highest BCUT2D eigenvalue weighted by atomic mass is 32.1. The van der Waals surface area contributed by atoms with Crippen LogP contribution < -0.4 is 0 Å². The molecule has 0 spiro atoms. The third-order valence-corrected chi connectivity index (χ3v) is 5.57. The fraction of sp³-hybridized carbons (Fsp3) is 0.300. The van der Waals surface area contributed by atoms with Crippen LogP contribution in [-0.2, 0) is 9.59 Å². The van der Waals surface area contributed by atoms with Crippen LogP contribution in [0.15, 0.2) is 42.5 Å². The zero-order chi connectivity index (χ0) is 21.6. The van der Waals surface area contributed by atoms with Gasteiger partial charge >= 0.3 is 11.9 Å². The molecule has 154 valence electrons. The summed E-state index contributed by atoms with van der Waals surface area (Å²) in [5.74, 6) is -2.51. The summed E-state index contributed by atoms with van der Waals surface area (Å²) in [7, 11) is 0. The topological polar surface area (TPSA) is 121 Å². The molecule has 3 rings (SSSR count). The second-order valence-corrected chi connectivity index (χ2v) is 7.72. The number of carboxylic acid groups (broad SMARTS) is 2. The molecule has 2 N–H and O–H groups in total. The molecule has 0 amide bonds. The van der Waals surface area contributed by atoms with Crippen molar-refractivity contribution in [2.75, 3.05) is 13.1 Å². The monoisotopic (exact) mass is 418 g/mol. The van der Waals surface area contributed by atoms with E-state index in [0.29, 0.717) is 18.2 Å². The zero-order valence-corrected chi connectivity index (χ0v) is 16.9. The molecule has 0 fully saturated rings. The summed E-state index contributed by atoms with van der Waals surface area (Å²) in [6, 6.07) is 7.84. The standard InChI is InChI=1S/C16H18N2O2S.C4H4O4/c1-11(2)17-8-6-12(7-9-17)16-10-13-14(18(19)20)4-3-5-15(13)21-16;5-3(6)1-2-4(7)8/h3-6,10-11H,7-9H2,1-2H3;1-2H,(H,5,6)(H,7,8). The number of hydrogen-bond donors (Lipinski definition) is 2. The van der Waals surface area contributed by atoms with Crippen molar-refractivity contribution in [1.29, 1.82) is 0 Å². The van der Waals surface area contributed by atoms with E-state index in [1.807, 2.05) is 12.1 Å². The molecule has 8 nitrogen and oxygen atoms in total. The predicted octanol–water partition coefficient (Wildman–Crippen LogP) is 4.02. The number of carboxylic acids is 2. The second-order valence-electron chi connectivity index (χ2n) is 6.63. The van der Waals surface area contributed by atoms with Crippen LogP contribution in [0.3, 0.4) is 0 Å². The molecule has 0 aliphatic carbocycles. The molecule has 0 atom stereocenters. The number of thiophene rings is 1. The third-order valence-electron chi connectivity index (χ3n) is 4.39. The van der Waals surface area contributed by atoms with E-state index >= 15 is 0 Å². The molecule has 2 heterocycles. The summed E-state index contributed by atoms with van der Waals surface area (Å²) in [6.45, 7) is 6.44. The molecule has 29 heavy (non-hydrogen) atoms. The number of nitro groups is 1. The molecule has 1 aromatic carbocycles. The number of fused-ring (bicyclic) bond motifs is 1. The van der Waals surface area contributed by atoms with Gasteiger partial charge in [0.2, 0.25) is 0 Å². The molecule has 1 aliphatic rings. The number of nitro benzene ring substituents is 1. The van der Waals surface area contributed by atoms with Gasteiger partial charge in [0.1, 0.15) is 0 Å². The van der Waals surface area contributed by atoms with E-state index < -0.39 is 11.9 Å². The van der Waals surface area contributed by atoms with E-state index in [4.69, 9.17) is 10.2 Å². The van der Waals surface area contributed by atoms with E-state index in [9.17, 15) is 19.7 Å². The highest BCUT2D eigenvalue weighted by Gasteiger charge is 2.19. The number of aliphatic carboxylic acids is 2. The molecule has 0 saturated heterocycles. The normalized spacial score (nSPS) is 14.5. The summed E-state index contributed by atoms with van der Waals surface area (Å²) >= 11 is 1.65. The largest absolute Gasteiger partial charge is 0.478 e. The van der Waals surface area contributed by atoms with Gasteiger partial charge in [-0.25, -0.2) is 9.59 Å². The smallest absolute Gasteiger partial charge is 0.328 e. The lowest BCUT2D eigenvalue weighted by atomic mass is 10.0. The summed E-state index contributed by atoms with van der Waals surface area (Å²) in [5, 5.41) is 27.5. The van der Waals surface area contributed by atoms with Gasteiger partial charge in [-0.15, -0.1) is 11.3 Å². The molecule has 0 saturated carbocycles. The van der Waals surface area contributed by atoms with Crippen molar-refractivity contribution in [2.45, 2.75) is 26.3 Å². The number of non-ortho nitro benzene ring substituents is 1. The highest BCUT2D eigenvalue weighted by Crippen LogP contribution is 2.37. The van der Waals surface area contributed by atoms with E-state index in [1.54, 1.807) is 23.5 Å². The molecule has 0 unspecified atom stereocenters. The Hall–Kier alpha value is -3.04. The molecule has 1 aromatic heterocycles. The van der Waals surface area contributed by atoms with Gasteiger partial charge in [0.25, 0.3) is 5.69 Å². The van der Waals surface area contributed by atoms with Crippen molar-refractivity contribution in [2.24, 2.45) is 0 Å². The average Bonchev–Trinajstić information content (AvgIpc) is 3.11. The van der Waals surface area contributed by atoms with Gasteiger partial charge in [0.15, 0.2) is 0 Å². The predicted molar refractivity (Wildman–Crippen MR) is 112 cm³/mol. The van der Waals surface area contributed by atoms with Gasteiger partial charge in [0, 0.05) is 46.9 Å². The fourth-order valence-corrected chi connectivity index (χ4v) is 4.03. The molecular weight excluding hydrogens is 396 g/mol. The molecule has 2 aromatic rings. The van der Waals surface area contributed by atoms with Gasteiger partial charge in [-0.05, 0) is 38.0 Å². The van der Waals surface area contributed by atoms with Gasteiger partial charge in [0.05, 0.1) is 10.3 Å². The maximum atomic E-state index is 11.1. The molecule has 0 bridgehead atoms. The Balaban J connectivity index is 0.000000321. The lowest BCUT2D eigenvalue weighted by Crippen LogP contribution is -2.34. The molecule has 1 aliphatic heterocycles. The maximum absolute atomic E-state index is 11.1. The van der Waals surface area contributed by atoms with Gasteiger partial charge in [-0.1, -0.05) is 12.1 Å². The quantitative estimate of drug-likeness (QED) is 0.427. The van der Waals surface area contributed by atoms with Gasteiger partial charge in [-0.2, -0.15) is 0 Å². The van der Waals surface area contributed by atoms with Crippen molar-refractivity contribution in [3.8, 4) is 0 Å². The van der Waals surface area contributed by atoms with Crippen LogP contribution >= 0.6 is 11.3 Å². The SMILES string of the molecule is CC(C)N1CC=C(c2cc3c([N+](=O)[O-])cccc3s2)CC1.O=C(O)C=CC(=O)O. The maximum Gasteiger partial charge on any atom is 0.328 e. The Morgan fingerprint density at radius 2 is 1.90 bits per heavy atom. The van der Waals surface area contributed by atoms with E-state index in [-0.39, 0.29) is 10.6 Å². The summed E-state index contributed by atoms with van der Waals surface area (Å²) in [6.07, 6.45) is 4.39. The van der Waals surface area contributed by atoms with Crippen LogP contribution in [0.1, 0.15) is 25.1 Å². The van der Waals surface area contributed by atoms with E-state index in [1.165, 1.54) is 10.5 Å². The first kappa shape index (κ1) is 22.3. The van der Waals surface area contributed by atoms with Crippen LogP contribution in [0, 0.1) is 10.1 Å². The third kappa shape index (κ3) is 6.23. The number of rotatable bonds is 5. The van der Waals surface area contributed by atoms with Crippen molar-refractivity contribution in [3.05, 3.63) is 57.5 Å². The summed E-state index contributed by atoms with van der Waals surface area (Å²) < 4.78 is 0.992. The number of carbonyl (C=O) groups is 2. The van der Waals surface area contributed by atoms with Crippen LogP contribution in [0.5, 0.6) is 0 Å². The Bertz CT molecular complexity index is 961. The van der Waals surface area contributed by atoms with Crippen molar-refractivity contribution >= 4 is 44.6 Å². The van der Waals surface area contributed by atoms with E-state index in [0.717, 1.165) is 29.6 Å².